The molecule has 2 amide bonds. The zero-order valence-electron chi connectivity index (χ0n) is 11.8. The highest BCUT2D eigenvalue weighted by Gasteiger charge is 2.06. The number of anilines is 3. The third kappa shape index (κ3) is 4.04. The largest absolute Gasteiger partial charge is 0.508 e. The predicted octanol–water partition coefficient (Wildman–Crippen LogP) is 2.81. The van der Waals surface area contributed by atoms with Crippen LogP contribution in [0.25, 0.3) is 0 Å². The molecule has 0 aliphatic heterocycles. The van der Waals surface area contributed by atoms with Gasteiger partial charge in [-0.15, -0.1) is 0 Å². The summed E-state index contributed by atoms with van der Waals surface area (Å²) < 4.78 is 0. The number of urea groups is 1. The number of phenolic OH excluding ortho intramolecular Hbond substituents is 2. The molecule has 21 heavy (non-hydrogen) atoms. The lowest BCUT2D eigenvalue weighted by atomic mass is 10.2. The zero-order valence-corrected chi connectivity index (χ0v) is 11.8. The zero-order chi connectivity index (χ0) is 15.4. The number of benzene rings is 2. The Morgan fingerprint density at radius 3 is 2.19 bits per heavy atom. The van der Waals surface area contributed by atoms with E-state index in [2.05, 4.69) is 10.6 Å². The van der Waals surface area contributed by atoms with Crippen molar-refractivity contribution in [3.05, 3.63) is 42.5 Å². The summed E-state index contributed by atoms with van der Waals surface area (Å²) in [5.74, 6) is -0.250. The molecule has 4 N–H and O–H groups in total. The van der Waals surface area contributed by atoms with Crippen LogP contribution < -0.4 is 15.5 Å². The van der Waals surface area contributed by atoms with E-state index in [-0.39, 0.29) is 11.5 Å². The lowest BCUT2D eigenvalue weighted by Gasteiger charge is -2.14. The standard InChI is InChI=1S/C15H17N3O3/c1-18(2)12-5-3-4-10(6-12)16-15(21)17-11-7-13(19)9-14(20)8-11/h3-9,19-20H,1-2H3,(H2,16,17,21). The van der Waals surface area contributed by atoms with Gasteiger partial charge in [-0.1, -0.05) is 6.07 Å². The molecule has 0 fully saturated rings. The molecule has 0 saturated heterocycles. The highest BCUT2D eigenvalue weighted by molar-refractivity contribution is 6.00. The Kier molecular flexibility index (Phi) is 4.18. The van der Waals surface area contributed by atoms with E-state index in [9.17, 15) is 15.0 Å². The monoisotopic (exact) mass is 287 g/mol. The van der Waals surface area contributed by atoms with E-state index in [4.69, 9.17) is 0 Å². The molecule has 0 aliphatic rings. The van der Waals surface area contributed by atoms with E-state index in [0.29, 0.717) is 11.4 Å². The van der Waals surface area contributed by atoms with Crippen molar-refractivity contribution < 1.29 is 15.0 Å². The van der Waals surface area contributed by atoms with Gasteiger partial charge in [0.15, 0.2) is 0 Å². The molecule has 0 radical (unpaired) electrons. The smallest absolute Gasteiger partial charge is 0.323 e. The van der Waals surface area contributed by atoms with E-state index in [1.54, 1.807) is 6.07 Å². The highest BCUT2D eigenvalue weighted by Crippen LogP contribution is 2.24. The summed E-state index contributed by atoms with van der Waals surface area (Å²) in [6.07, 6.45) is 0. The van der Waals surface area contributed by atoms with Gasteiger partial charge in [-0.05, 0) is 18.2 Å². The van der Waals surface area contributed by atoms with Crippen LogP contribution in [0.4, 0.5) is 21.9 Å². The molecule has 0 aromatic heterocycles. The van der Waals surface area contributed by atoms with Gasteiger partial charge in [0.25, 0.3) is 0 Å². The van der Waals surface area contributed by atoms with Crippen LogP contribution in [0.15, 0.2) is 42.5 Å². The fraction of sp³-hybridized carbons (Fsp3) is 0.133. The molecule has 2 aromatic carbocycles. The van der Waals surface area contributed by atoms with Crippen molar-refractivity contribution in [1.82, 2.24) is 0 Å². The van der Waals surface area contributed by atoms with Gasteiger partial charge in [0.1, 0.15) is 11.5 Å². The number of hydrogen-bond acceptors (Lipinski definition) is 4. The molecule has 2 rings (SSSR count). The normalized spacial score (nSPS) is 10.0. The van der Waals surface area contributed by atoms with Crippen molar-refractivity contribution in [1.29, 1.82) is 0 Å². The highest BCUT2D eigenvalue weighted by atomic mass is 16.3. The molecule has 6 heteroatoms. The number of nitrogens with zero attached hydrogens (tertiary/aromatic N) is 1. The number of nitrogens with one attached hydrogen (secondary N) is 2. The average Bonchev–Trinajstić information content (AvgIpc) is 2.37. The Labute approximate surface area is 122 Å². The molecule has 0 bridgehead atoms. The maximum Gasteiger partial charge on any atom is 0.323 e. The summed E-state index contributed by atoms with van der Waals surface area (Å²) in [6.45, 7) is 0. The SMILES string of the molecule is CN(C)c1cccc(NC(=O)Nc2cc(O)cc(O)c2)c1. The van der Waals surface area contributed by atoms with Gasteiger partial charge in [0.2, 0.25) is 0 Å². The fourth-order valence-electron chi connectivity index (χ4n) is 1.82. The van der Waals surface area contributed by atoms with Gasteiger partial charge < -0.3 is 25.7 Å². The van der Waals surface area contributed by atoms with E-state index < -0.39 is 6.03 Å². The predicted molar refractivity (Wildman–Crippen MR) is 83.2 cm³/mol. The maximum atomic E-state index is 11.9. The van der Waals surface area contributed by atoms with Gasteiger partial charge in [0, 0.05) is 49.4 Å². The molecule has 0 heterocycles. The van der Waals surface area contributed by atoms with Crippen LogP contribution >= 0.6 is 0 Å². The van der Waals surface area contributed by atoms with Gasteiger partial charge in [0.05, 0.1) is 0 Å². The molecular formula is C15H17N3O3. The quantitative estimate of drug-likeness (QED) is 0.699. The van der Waals surface area contributed by atoms with Crippen molar-refractivity contribution in [2.75, 3.05) is 29.6 Å². The first-order valence-electron chi connectivity index (χ1n) is 6.32. The maximum absolute atomic E-state index is 11.9. The minimum Gasteiger partial charge on any atom is -0.508 e. The molecule has 6 nitrogen and oxygen atoms in total. The van der Waals surface area contributed by atoms with Crippen molar-refractivity contribution in [2.24, 2.45) is 0 Å². The average molecular weight is 287 g/mol. The van der Waals surface area contributed by atoms with Gasteiger partial charge in [-0.3, -0.25) is 0 Å². The Balaban J connectivity index is 2.06. The van der Waals surface area contributed by atoms with E-state index in [1.165, 1.54) is 18.2 Å². The first-order chi connectivity index (χ1) is 9.94. The fourth-order valence-corrected chi connectivity index (χ4v) is 1.82. The second-order valence-corrected chi connectivity index (χ2v) is 4.76. The summed E-state index contributed by atoms with van der Waals surface area (Å²) >= 11 is 0. The van der Waals surface area contributed by atoms with Crippen LogP contribution in [-0.2, 0) is 0 Å². The Hall–Kier alpha value is -2.89. The number of aromatic hydroxyl groups is 2. The number of carbonyl (C=O) groups is 1. The van der Waals surface area contributed by atoms with E-state index in [1.807, 2.05) is 37.2 Å². The van der Waals surface area contributed by atoms with Gasteiger partial charge in [-0.25, -0.2) is 4.79 Å². The summed E-state index contributed by atoms with van der Waals surface area (Å²) in [5, 5.41) is 23.9. The number of carbonyl (C=O) groups excluding carboxylic acids is 1. The first kappa shape index (κ1) is 14.5. The second kappa shape index (κ2) is 6.04. The molecule has 0 unspecified atom stereocenters. The lowest BCUT2D eigenvalue weighted by molar-refractivity contribution is 0.262. The summed E-state index contributed by atoms with van der Waals surface area (Å²) in [6, 6.07) is 10.8. The number of amides is 2. The van der Waals surface area contributed by atoms with Crippen molar-refractivity contribution in [2.45, 2.75) is 0 Å². The van der Waals surface area contributed by atoms with Crippen LogP contribution in [0.1, 0.15) is 0 Å². The molecule has 0 atom stereocenters. The molecule has 110 valence electrons. The third-order valence-electron chi connectivity index (χ3n) is 2.78. The molecule has 2 aromatic rings. The first-order valence-corrected chi connectivity index (χ1v) is 6.32. The third-order valence-corrected chi connectivity index (χ3v) is 2.78. The van der Waals surface area contributed by atoms with Crippen LogP contribution in [0.2, 0.25) is 0 Å². The van der Waals surface area contributed by atoms with Crippen LogP contribution in [0.5, 0.6) is 11.5 Å². The number of hydrogen-bond donors (Lipinski definition) is 4. The molecular weight excluding hydrogens is 270 g/mol. The van der Waals surface area contributed by atoms with Crippen LogP contribution in [0, 0.1) is 0 Å². The van der Waals surface area contributed by atoms with E-state index in [0.717, 1.165) is 5.69 Å². The molecule has 0 aliphatic carbocycles. The Morgan fingerprint density at radius 2 is 1.57 bits per heavy atom. The second-order valence-electron chi connectivity index (χ2n) is 4.76. The summed E-state index contributed by atoms with van der Waals surface area (Å²) in [7, 11) is 3.82. The van der Waals surface area contributed by atoms with Crippen LogP contribution in [0.3, 0.4) is 0 Å². The van der Waals surface area contributed by atoms with Crippen molar-refractivity contribution >= 4 is 23.1 Å². The topological polar surface area (TPSA) is 84.8 Å². The lowest BCUT2D eigenvalue weighted by Crippen LogP contribution is -2.19. The molecule has 0 saturated carbocycles. The van der Waals surface area contributed by atoms with Crippen LogP contribution in [-0.4, -0.2) is 30.3 Å². The Bertz CT molecular complexity index is 636. The minimum absolute atomic E-state index is 0.125. The van der Waals surface area contributed by atoms with Crippen molar-refractivity contribution in [3.8, 4) is 11.5 Å². The van der Waals surface area contributed by atoms with E-state index >= 15 is 0 Å². The van der Waals surface area contributed by atoms with Crippen molar-refractivity contribution in [3.63, 3.8) is 0 Å². The Morgan fingerprint density at radius 1 is 0.952 bits per heavy atom. The summed E-state index contributed by atoms with van der Waals surface area (Å²) in [5.41, 5.74) is 1.90. The van der Waals surface area contributed by atoms with Gasteiger partial charge >= 0.3 is 6.03 Å². The minimum atomic E-state index is -0.462. The van der Waals surface area contributed by atoms with Gasteiger partial charge in [-0.2, -0.15) is 0 Å². The number of rotatable bonds is 3. The molecule has 0 spiro atoms. The summed E-state index contributed by atoms with van der Waals surface area (Å²) in [4.78, 5) is 13.8. The number of phenols is 2.